The van der Waals surface area contributed by atoms with E-state index in [2.05, 4.69) is 0 Å². The van der Waals surface area contributed by atoms with Gasteiger partial charge in [-0.3, -0.25) is 0 Å². The lowest BCUT2D eigenvalue weighted by atomic mass is 9.87. The highest BCUT2D eigenvalue weighted by molar-refractivity contribution is 4.97. The van der Waals surface area contributed by atoms with Crippen LogP contribution in [0.25, 0.3) is 0 Å². The zero-order chi connectivity index (χ0) is 13.6. The van der Waals surface area contributed by atoms with Gasteiger partial charge >= 0.3 is 0 Å². The van der Waals surface area contributed by atoms with E-state index in [1.54, 1.807) is 0 Å². The summed E-state index contributed by atoms with van der Waals surface area (Å²) in [6, 6.07) is 0. The predicted octanol–water partition coefficient (Wildman–Crippen LogP) is 0.641. The molecule has 0 bridgehead atoms. The molecule has 18 heavy (non-hydrogen) atoms. The molecule has 0 radical (unpaired) electrons. The number of ether oxygens (including phenoxy) is 3. The van der Waals surface area contributed by atoms with E-state index in [9.17, 15) is 5.11 Å². The highest BCUT2D eigenvalue weighted by atomic mass is 16.7. The van der Waals surface area contributed by atoms with E-state index >= 15 is 0 Å². The fourth-order valence-corrected chi connectivity index (χ4v) is 2.96. The fourth-order valence-electron chi connectivity index (χ4n) is 2.96. The van der Waals surface area contributed by atoms with Gasteiger partial charge in [0.25, 0.3) is 0 Å². The van der Waals surface area contributed by atoms with Gasteiger partial charge in [0.2, 0.25) is 0 Å². The van der Waals surface area contributed by atoms with Gasteiger partial charge in [-0.1, -0.05) is 0 Å². The average Bonchev–Trinajstić information content (AvgIpc) is 2.77. The van der Waals surface area contributed by atoms with Crippen LogP contribution in [0.15, 0.2) is 0 Å². The van der Waals surface area contributed by atoms with Crippen LogP contribution < -0.4 is 5.73 Å². The Labute approximate surface area is 109 Å². The Bertz CT molecular complexity index is 305. The number of aliphatic hydroxyl groups excluding tert-OH is 1. The summed E-state index contributed by atoms with van der Waals surface area (Å²) in [5.41, 5.74) is 5.30. The fraction of sp³-hybridized carbons (Fsp3) is 1.00. The van der Waals surface area contributed by atoms with Gasteiger partial charge < -0.3 is 25.1 Å². The molecule has 5 nitrogen and oxygen atoms in total. The van der Waals surface area contributed by atoms with Gasteiger partial charge in [0.15, 0.2) is 5.79 Å². The Morgan fingerprint density at radius 3 is 2.44 bits per heavy atom. The normalized spacial score (nSPS) is 40.0. The van der Waals surface area contributed by atoms with E-state index in [0.29, 0.717) is 6.61 Å². The highest BCUT2D eigenvalue weighted by Crippen LogP contribution is 2.41. The molecule has 2 fully saturated rings. The van der Waals surface area contributed by atoms with E-state index in [1.807, 2.05) is 27.7 Å². The second-order valence-corrected chi connectivity index (χ2v) is 6.38. The molecule has 2 aliphatic heterocycles. The van der Waals surface area contributed by atoms with Gasteiger partial charge in [-0.05, 0) is 34.1 Å². The molecule has 0 aliphatic carbocycles. The number of nitrogens with two attached hydrogens (primary N) is 1. The highest BCUT2D eigenvalue weighted by Gasteiger charge is 2.50. The van der Waals surface area contributed by atoms with Crippen LogP contribution in [-0.4, -0.2) is 48.0 Å². The van der Waals surface area contributed by atoms with Crippen molar-refractivity contribution in [2.45, 2.75) is 63.8 Å². The van der Waals surface area contributed by atoms with Gasteiger partial charge in [0.1, 0.15) is 0 Å². The van der Waals surface area contributed by atoms with Crippen molar-refractivity contribution >= 4 is 0 Å². The minimum Gasteiger partial charge on any atom is -0.389 e. The summed E-state index contributed by atoms with van der Waals surface area (Å²) < 4.78 is 17.4. The molecule has 2 saturated heterocycles. The summed E-state index contributed by atoms with van der Waals surface area (Å²) >= 11 is 0. The van der Waals surface area contributed by atoms with E-state index < -0.39 is 11.9 Å². The average molecular weight is 259 g/mol. The lowest BCUT2D eigenvalue weighted by Gasteiger charge is -2.27. The van der Waals surface area contributed by atoms with Crippen molar-refractivity contribution < 1.29 is 19.3 Å². The van der Waals surface area contributed by atoms with Crippen molar-refractivity contribution in [1.82, 2.24) is 0 Å². The van der Waals surface area contributed by atoms with Crippen molar-refractivity contribution in [3.63, 3.8) is 0 Å². The molecular formula is C13H25NO4. The Kier molecular flexibility index (Phi) is 3.73. The van der Waals surface area contributed by atoms with Gasteiger partial charge in [-0.15, -0.1) is 0 Å². The summed E-state index contributed by atoms with van der Waals surface area (Å²) in [7, 11) is 0. The van der Waals surface area contributed by atoms with Crippen LogP contribution >= 0.6 is 0 Å². The van der Waals surface area contributed by atoms with E-state index in [-0.39, 0.29) is 30.3 Å². The minimum absolute atomic E-state index is 0.0343. The third-order valence-electron chi connectivity index (χ3n) is 3.73. The van der Waals surface area contributed by atoms with Crippen molar-refractivity contribution in [3.05, 3.63) is 0 Å². The molecule has 5 heteroatoms. The lowest BCUT2D eigenvalue weighted by Crippen LogP contribution is -2.42. The van der Waals surface area contributed by atoms with Crippen molar-refractivity contribution in [3.8, 4) is 0 Å². The first kappa shape index (κ1) is 14.2. The largest absolute Gasteiger partial charge is 0.389 e. The molecule has 3 N–H and O–H groups in total. The second-order valence-electron chi connectivity index (χ2n) is 6.38. The van der Waals surface area contributed by atoms with Crippen LogP contribution in [0.1, 0.15) is 34.1 Å². The first-order valence-corrected chi connectivity index (χ1v) is 6.62. The number of hydrogen-bond acceptors (Lipinski definition) is 5. The molecule has 0 aromatic carbocycles. The lowest BCUT2D eigenvalue weighted by molar-refractivity contribution is -0.151. The number of rotatable bonds is 3. The standard InChI is InChI=1S/C13H25NO4/c1-12(2)5-8(11(18-12)9(15)6-14)10-7-16-13(3,4)17-10/h8-11,15H,5-7,14H2,1-4H3/t8-,9+,10-,11+/m1/s1. The van der Waals surface area contributed by atoms with E-state index in [1.165, 1.54) is 0 Å². The van der Waals surface area contributed by atoms with Crippen LogP contribution in [-0.2, 0) is 14.2 Å². The molecule has 0 unspecified atom stereocenters. The zero-order valence-electron chi connectivity index (χ0n) is 11.7. The van der Waals surface area contributed by atoms with Crippen LogP contribution in [0, 0.1) is 5.92 Å². The third kappa shape index (κ3) is 2.86. The molecule has 2 aliphatic rings. The quantitative estimate of drug-likeness (QED) is 0.778. The molecule has 4 atom stereocenters. The first-order chi connectivity index (χ1) is 8.24. The predicted molar refractivity (Wildman–Crippen MR) is 67.0 cm³/mol. The minimum atomic E-state index is -0.649. The van der Waals surface area contributed by atoms with Gasteiger partial charge in [-0.2, -0.15) is 0 Å². The van der Waals surface area contributed by atoms with Crippen LogP contribution in [0.5, 0.6) is 0 Å². The van der Waals surface area contributed by atoms with Gasteiger partial charge in [-0.25, -0.2) is 0 Å². The van der Waals surface area contributed by atoms with Crippen LogP contribution in [0.2, 0.25) is 0 Å². The summed E-state index contributed by atoms with van der Waals surface area (Å²) in [6.07, 6.45) is -0.108. The number of aliphatic hydroxyl groups is 1. The topological polar surface area (TPSA) is 73.9 Å². The molecular weight excluding hydrogens is 234 g/mol. The Morgan fingerprint density at radius 2 is 1.94 bits per heavy atom. The van der Waals surface area contributed by atoms with Gasteiger partial charge in [0, 0.05) is 12.5 Å². The third-order valence-corrected chi connectivity index (χ3v) is 3.73. The summed E-state index contributed by atoms with van der Waals surface area (Å²) in [4.78, 5) is 0. The Morgan fingerprint density at radius 1 is 1.28 bits per heavy atom. The summed E-state index contributed by atoms with van der Waals surface area (Å²) in [6.45, 7) is 8.62. The molecule has 0 saturated carbocycles. The maximum absolute atomic E-state index is 10.0. The van der Waals surface area contributed by atoms with Gasteiger partial charge in [0.05, 0.1) is 30.5 Å². The number of hydrogen-bond donors (Lipinski definition) is 2. The van der Waals surface area contributed by atoms with Crippen LogP contribution in [0.3, 0.4) is 0 Å². The molecule has 0 aromatic rings. The van der Waals surface area contributed by atoms with E-state index in [0.717, 1.165) is 6.42 Å². The maximum atomic E-state index is 10.0. The second kappa shape index (κ2) is 4.72. The SMILES string of the molecule is CC1(C)C[C@H]([C@H]2COC(C)(C)O2)[C@@H]([C@@H](O)CN)O1. The summed E-state index contributed by atoms with van der Waals surface area (Å²) in [5, 5.41) is 10.0. The molecule has 2 rings (SSSR count). The first-order valence-electron chi connectivity index (χ1n) is 6.62. The maximum Gasteiger partial charge on any atom is 0.163 e. The monoisotopic (exact) mass is 259 g/mol. The van der Waals surface area contributed by atoms with Crippen LogP contribution in [0.4, 0.5) is 0 Å². The Hall–Kier alpha value is -0.200. The molecule has 0 aromatic heterocycles. The van der Waals surface area contributed by atoms with Crippen molar-refractivity contribution in [1.29, 1.82) is 0 Å². The smallest absolute Gasteiger partial charge is 0.163 e. The van der Waals surface area contributed by atoms with E-state index in [4.69, 9.17) is 19.9 Å². The molecule has 0 spiro atoms. The van der Waals surface area contributed by atoms with Crippen molar-refractivity contribution in [2.75, 3.05) is 13.2 Å². The zero-order valence-corrected chi connectivity index (χ0v) is 11.7. The molecule has 0 amide bonds. The summed E-state index contributed by atoms with van der Waals surface area (Å²) in [5.74, 6) is -0.421. The Balaban J connectivity index is 2.10. The van der Waals surface area contributed by atoms with Crippen molar-refractivity contribution in [2.24, 2.45) is 11.7 Å². The molecule has 106 valence electrons. The molecule has 2 heterocycles.